The van der Waals surface area contributed by atoms with Gasteiger partial charge in [-0.3, -0.25) is 9.69 Å². The summed E-state index contributed by atoms with van der Waals surface area (Å²) < 4.78 is 13.3. The van der Waals surface area contributed by atoms with E-state index in [-0.39, 0.29) is 11.9 Å². The maximum atomic E-state index is 12.8. The van der Waals surface area contributed by atoms with Crippen molar-refractivity contribution in [2.75, 3.05) is 33.9 Å². The number of fused-ring (bicyclic) bond motifs is 1. The van der Waals surface area contributed by atoms with Crippen LogP contribution in [0.1, 0.15) is 52.6 Å². The van der Waals surface area contributed by atoms with Gasteiger partial charge in [-0.25, -0.2) is 4.98 Å². The van der Waals surface area contributed by atoms with E-state index in [0.717, 1.165) is 42.3 Å². The Morgan fingerprint density at radius 3 is 2.35 bits per heavy atom. The quantitative estimate of drug-likeness (QED) is 0.505. The van der Waals surface area contributed by atoms with E-state index in [9.17, 15) is 4.79 Å². The van der Waals surface area contributed by atoms with E-state index in [1.807, 2.05) is 50.5 Å². The molecule has 3 aromatic rings. The Hall–Kier alpha value is -3.32. The van der Waals surface area contributed by atoms with Crippen molar-refractivity contribution in [1.82, 2.24) is 19.4 Å². The number of benzene rings is 2. The largest absolute Gasteiger partial charge is 0.493 e. The summed E-state index contributed by atoms with van der Waals surface area (Å²) in [5.41, 5.74) is 5.48. The normalized spacial score (nSPS) is 15.6. The standard InChI is InChI=1S/C27H34N4O3/c1-6-30(7-2)27(32)20-10-8-19(9-11-20)26-23-15-25(34-5)24(33-4)14-21(23)12-13-31(26)17-22-16-28-18-29(22)3/h8-11,14-16,18,26H,6-7,12-13,17H2,1-5H3. The first kappa shape index (κ1) is 23.8. The van der Waals surface area contributed by atoms with Crippen LogP contribution in [0.3, 0.4) is 0 Å². The zero-order valence-electron chi connectivity index (χ0n) is 20.7. The third-order valence-corrected chi connectivity index (χ3v) is 6.78. The van der Waals surface area contributed by atoms with Crippen LogP contribution in [-0.4, -0.2) is 59.1 Å². The van der Waals surface area contributed by atoms with Crippen LogP contribution in [0.15, 0.2) is 48.9 Å². The van der Waals surface area contributed by atoms with Crippen LogP contribution in [0, 0.1) is 0 Å². The molecule has 2 aromatic carbocycles. The highest BCUT2D eigenvalue weighted by Crippen LogP contribution is 2.41. The fourth-order valence-electron chi connectivity index (χ4n) is 4.80. The van der Waals surface area contributed by atoms with Gasteiger partial charge in [0, 0.05) is 45.0 Å². The minimum absolute atomic E-state index is 0.0241. The molecule has 0 saturated heterocycles. The van der Waals surface area contributed by atoms with E-state index >= 15 is 0 Å². The molecule has 180 valence electrons. The zero-order valence-corrected chi connectivity index (χ0v) is 20.7. The molecule has 0 fully saturated rings. The molecule has 7 heteroatoms. The number of aryl methyl sites for hydroxylation is 1. The molecule has 0 bridgehead atoms. The van der Waals surface area contributed by atoms with Crippen molar-refractivity contribution in [3.05, 3.63) is 76.9 Å². The molecule has 1 aliphatic rings. The van der Waals surface area contributed by atoms with E-state index in [4.69, 9.17) is 9.47 Å². The molecule has 0 radical (unpaired) electrons. The summed E-state index contributed by atoms with van der Waals surface area (Å²) >= 11 is 0. The highest BCUT2D eigenvalue weighted by atomic mass is 16.5. The predicted molar refractivity (Wildman–Crippen MR) is 132 cm³/mol. The lowest BCUT2D eigenvalue weighted by Gasteiger charge is -2.38. The monoisotopic (exact) mass is 462 g/mol. The summed E-state index contributed by atoms with van der Waals surface area (Å²) in [4.78, 5) is 21.4. The van der Waals surface area contributed by atoms with Crippen LogP contribution in [0.2, 0.25) is 0 Å². The fourth-order valence-corrected chi connectivity index (χ4v) is 4.80. The van der Waals surface area contributed by atoms with E-state index in [1.54, 1.807) is 14.2 Å². The molecule has 2 heterocycles. The summed E-state index contributed by atoms with van der Waals surface area (Å²) in [6.45, 7) is 7.09. The van der Waals surface area contributed by atoms with Gasteiger partial charge in [0.2, 0.25) is 0 Å². The van der Waals surface area contributed by atoms with Gasteiger partial charge in [-0.1, -0.05) is 12.1 Å². The predicted octanol–water partition coefficient (Wildman–Crippen LogP) is 4.07. The topological polar surface area (TPSA) is 59.8 Å². The second kappa shape index (κ2) is 10.3. The van der Waals surface area contributed by atoms with Gasteiger partial charge in [-0.05, 0) is 61.2 Å². The lowest BCUT2D eigenvalue weighted by molar-refractivity contribution is 0.0773. The van der Waals surface area contributed by atoms with E-state index in [0.29, 0.717) is 18.7 Å². The first-order valence-corrected chi connectivity index (χ1v) is 11.8. The smallest absolute Gasteiger partial charge is 0.253 e. The van der Waals surface area contributed by atoms with Gasteiger partial charge in [0.25, 0.3) is 5.91 Å². The number of ether oxygens (including phenoxy) is 2. The Morgan fingerprint density at radius 2 is 1.76 bits per heavy atom. The van der Waals surface area contributed by atoms with Crippen molar-refractivity contribution in [3.8, 4) is 11.5 Å². The number of carbonyl (C=O) groups is 1. The number of imidazole rings is 1. The average Bonchev–Trinajstić information content (AvgIpc) is 3.27. The summed E-state index contributed by atoms with van der Waals surface area (Å²) in [5.74, 6) is 1.54. The van der Waals surface area contributed by atoms with Crippen molar-refractivity contribution in [3.63, 3.8) is 0 Å². The summed E-state index contributed by atoms with van der Waals surface area (Å²) in [5, 5.41) is 0. The first-order valence-electron chi connectivity index (χ1n) is 11.8. The van der Waals surface area contributed by atoms with E-state index in [1.165, 1.54) is 11.1 Å². The average molecular weight is 463 g/mol. The van der Waals surface area contributed by atoms with Crippen LogP contribution >= 0.6 is 0 Å². The van der Waals surface area contributed by atoms with Crippen molar-refractivity contribution >= 4 is 5.91 Å². The third-order valence-electron chi connectivity index (χ3n) is 6.78. The summed E-state index contributed by atoms with van der Waals surface area (Å²) in [7, 11) is 5.37. The molecule has 0 spiro atoms. The van der Waals surface area contributed by atoms with Crippen LogP contribution in [0.25, 0.3) is 0 Å². The lowest BCUT2D eigenvalue weighted by atomic mass is 9.87. The molecule has 1 aliphatic heterocycles. The molecule has 7 nitrogen and oxygen atoms in total. The van der Waals surface area contributed by atoms with Gasteiger partial charge in [0.05, 0.1) is 32.3 Å². The van der Waals surface area contributed by atoms with Gasteiger partial charge in [0.1, 0.15) is 0 Å². The molecule has 34 heavy (non-hydrogen) atoms. The zero-order chi connectivity index (χ0) is 24.2. The van der Waals surface area contributed by atoms with Gasteiger partial charge in [-0.2, -0.15) is 0 Å². The number of hydrogen-bond acceptors (Lipinski definition) is 5. The number of methoxy groups -OCH3 is 2. The third kappa shape index (κ3) is 4.53. The number of nitrogens with zero attached hydrogens (tertiary/aromatic N) is 4. The van der Waals surface area contributed by atoms with Crippen molar-refractivity contribution in [2.45, 2.75) is 32.9 Å². The molecule has 1 amide bonds. The van der Waals surface area contributed by atoms with Crippen LogP contribution < -0.4 is 9.47 Å². The molecule has 4 rings (SSSR count). The molecule has 1 aromatic heterocycles. The highest BCUT2D eigenvalue weighted by Gasteiger charge is 2.31. The van der Waals surface area contributed by atoms with Crippen LogP contribution in [-0.2, 0) is 20.0 Å². The van der Waals surface area contributed by atoms with Crippen LogP contribution in [0.4, 0.5) is 0 Å². The maximum absolute atomic E-state index is 12.8. The van der Waals surface area contributed by atoms with E-state index in [2.05, 4.69) is 38.7 Å². The Bertz CT molecular complexity index is 1140. The van der Waals surface area contributed by atoms with Crippen molar-refractivity contribution in [1.29, 1.82) is 0 Å². The molecule has 1 atom stereocenters. The second-order valence-electron chi connectivity index (χ2n) is 8.62. The fraction of sp³-hybridized carbons (Fsp3) is 0.407. The SMILES string of the molecule is CCN(CC)C(=O)c1ccc(C2c3cc(OC)c(OC)cc3CCN2Cc2cncn2C)cc1. The first-order chi connectivity index (χ1) is 16.5. The number of hydrogen-bond donors (Lipinski definition) is 0. The number of carbonyl (C=O) groups excluding carboxylic acids is 1. The summed E-state index contributed by atoms with van der Waals surface area (Å²) in [6.07, 6.45) is 4.68. The number of aromatic nitrogens is 2. The molecule has 1 unspecified atom stereocenters. The second-order valence-corrected chi connectivity index (χ2v) is 8.62. The Labute approximate surface area is 201 Å². The minimum atomic E-state index is 0.0241. The minimum Gasteiger partial charge on any atom is -0.493 e. The van der Waals surface area contributed by atoms with Crippen LogP contribution in [0.5, 0.6) is 11.5 Å². The lowest BCUT2D eigenvalue weighted by Crippen LogP contribution is -2.36. The van der Waals surface area contributed by atoms with Crippen molar-refractivity contribution < 1.29 is 14.3 Å². The maximum Gasteiger partial charge on any atom is 0.253 e. The number of amides is 1. The van der Waals surface area contributed by atoms with E-state index < -0.39 is 0 Å². The molecule has 0 saturated carbocycles. The Balaban J connectivity index is 1.75. The van der Waals surface area contributed by atoms with Gasteiger partial charge >= 0.3 is 0 Å². The Morgan fingerprint density at radius 1 is 1.09 bits per heavy atom. The van der Waals surface area contributed by atoms with Gasteiger partial charge in [0.15, 0.2) is 11.5 Å². The highest BCUT2D eigenvalue weighted by molar-refractivity contribution is 5.94. The molecular weight excluding hydrogens is 428 g/mol. The molecule has 0 aliphatic carbocycles. The Kier molecular flexibility index (Phi) is 7.22. The van der Waals surface area contributed by atoms with Gasteiger partial charge in [-0.15, -0.1) is 0 Å². The summed E-state index contributed by atoms with van der Waals surface area (Å²) in [6, 6.07) is 12.3. The molecule has 0 N–H and O–H groups in total. The van der Waals surface area contributed by atoms with Gasteiger partial charge < -0.3 is 18.9 Å². The van der Waals surface area contributed by atoms with Crippen molar-refractivity contribution in [2.24, 2.45) is 7.05 Å². The number of rotatable bonds is 8. The molecular formula is C27H34N4O3.